The summed E-state index contributed by atoms with van der Waals surface area (Å²) in [7, 11) is 2.68. The van der Waals surface area contributed by atoms with Crippen LogP contribution in [-0.4, -0.2) is 41.8 Å². The van der Waals surface area contributed by atoms with Crippen LogP contribution in [0.4, 0.5) is 5.69 Å². The van der Waals surface area contributed by atoms with E-state index >= 15 is 0 Å². The molecule has 0 saturated heterocycles. The van der Waals surface area contributed by atoms with E-state index in [0.717, 1.165) is 9.58 Å². The monoisotopic (exact) mass is 395 g/mol. The van der Waals surface area contributed by atoms with Crippen LogP contribution in [0.3, 0.4) is 0 Å². The summed E-state index contributed by atoms with van der Waals surface area (Å²) >= 11 is 2.61. The largest absolute Gasteiger partial charge is 0.465 e. The summed E-state index contributed by atoms with van der Waals surface area (Å²) in [5, 5.41) is 3.91. The van der Waals surface area contributed by atoms with Crippen LogP contribution < -0.4 is 5.73 Å². The SMILES string of the molecule is COC(=O)c1cc(N)c(C)s1.COC(=O)c1cc2c(cnn2C(C)=O)s1. The van der Waals surface area contributed by atoms with E-state index < -0.39 is 5.97 Å². The molecule has 0 bridgehead atoms. The molecule has 0 spiro atoms. The van der Waals surface area contributed by atoms with Gasteiger partial charge in [-0.1, -0.05) is 0 Å². The minimum absolute atomic E-state index is 0.181. The zero-order valence-corrected chi connectivity index (χ0v) is 16.2. The average molecular weight is 395 g/mol. The van der Waals surface area contributed by atoms with Crippen LogP contribution in [0.15, 0.2) is 18.3 Å². The lowest BCUT2D eigenvalue weighted by Crippen LogP contribution is -2.06. The lowest BCUT2D eigenvalue weighted by molar-refractivity contribution is 0.0597. The highest BCUT2D eigenvalue weighted by Gasteiger charge is 2.15. The Morgan fingerprint density at radius 2 is 1.65 bits per heavy atom. The molecule has 0 amide bonds. The number of methoxy groups -OCH3 is 2. The minimum Gasteiger partial charge on any atom is -0.465 e. The number of esters is 2. The molecule has 3 heterocycles. The molecular weight excluding hydrogens is 378 g/mol. The summed E-state index contributed by atoms with van der Waals surface area (Å²) < 4.78 is 11.2. The maximum atomic E-state index is 11.2. The molecule has 0 fully saturated rings. The lowest BCUT2D eigenvalue weighted by atomic mass is 10.4. The summed E-state index contributed by atoms with van der Waals surface area (Å²) in [5.74, 6) is -0.902. The predicted molar refractivity (Wildman–Crippen MR) is 100 cm³/mol. The van der Waals surface area contributed by atoms with Gasteiger partial charge in [-0.25, -0.2) is 9.59 Å². The number of nitrogens with two attached hydrogens (primary N) is 1. The van der Waals surface area contributed by atoms with E-state index in [2.05, 4.69) is 14.6 Å². The number of anilines is 1. The number of thiophene rings is 2. The van der Waals surface area contributed by atoms with Crippen LogP contribution in [0.25, 0.3) is 10.2 Å². The van der Waals surface area contributed by atoms with Crippen LogP contribution in [0, 0.1) is 6.92 Å². The van der Waals surface area contributed by atoms with E-state index in [0.29, 0.717) is 21.0 Å². The van der Waals surface area contributed by atoms with Gasteiger partial charge in [-0.2, -0.15) is 9.78 Å². The van der Waals surface area contributed by atoms with Crippen LogP contribution in [0.2, 0.25) is 0 Å². The third-order valence-corrected chi connectivity index (χ3v) is 5.37. The van der Waals surface area contributed by atoms with Gasteiger partial charge in [0, 0.05) is 17.5 Å². The van der Waals surface area contributed by atoms with Gasteiger partial charge in [-0.05, 0) is 19.1 Å². The number of hydrogen-bond acceptors (Lipinski definition) is 9. The zero-order valence-electron chi connectivity index (χ0n) is 14.6. The Kier molecular flexibility index (Phi) is 6.11. The van der Waals surface area contributed by atoms with Crippen molar-refractivity contribution in [3.05, 3.63) is 33.0 Å². The predicted octanol–water partition coefficient (Wildman–Crippen LogP) is 2.97. The van der Waals surface area contributed by atoms with Crippen molar-refractivity contribution in [1.29, 1.82) is 0 Å². The first kappa shape index (κ1) is 19.6. The van der Waals surface area contributed by atoms with E-state index in [4.69, 9.17) is 5.73 Å². The smallest absolute Gasteiger partial charge is 0.348 e. The molecular formula is C16H17N3O5S2. The summed E-state index contributed by atoms with van der Waals surface area (Å²) in [6.45, 7) is 3.29. The molecule has 10 heteroatoms. The summed E-state index contributed by atoms with van der Waals surface area (Å²) in [5.41, 5.74) is 6.83. The first-order valence-corrected chi connectivity index (χ1v) is 8.92. The third-order valence-electron chi connectivity index (χ3n) is 3.29. The molecule has 3 aromatic rings. The first-order valence-electron chi connectivity index (χ1n) is 7.29. The molecule has 0 aliphatic carbocycles. The maximum absolute atomic E-state index is 11.2. The van der Waals surface area contributed by atoms with E-state index in [1.54, 1.807) is 18.3 Å². The summed E-state index contributed by atoms with van der Waals surface area (Å²) in [4.78, 5) is 35.3. The van der Waals surface area contributed by atoms with Crippen molar-refractivity contribution >= 4 is 56.4 Å². The van der Waals surface area contributed by atoms with Crippen LogP contribution in [0.1, 0.15) is 35.9 Å². The Morgan fingerprint density at radius 1 is 1.08 bits per heavy atom. The Morgan fingerprint density at radius 3 is 2.12 bits per heavy atom. The second-order valence-electron chi connectivity index (χ2n) is 5.04. The molecule has 3 aromatic heterocycles. The van der Waals surface area contributed by atoms with Crippen molar-refractivity contribution in [2.75, 3.05) is 20.0 Å². The Bertz CT molecular complexity index is 951. The second-order valence-corrected chi connectivity index (χ2v) is 7.38. The maximum Gasteiger partial charge on any atom is 0.348 e. The molecule has 2 N–H and O–H groups in total. The van der Waals surface area contributed by atoms with Crippen molar-refractivity contribution in [2.45, 2.75) is 13.8 Å². The molecule has 0 radical (unpaired) electrons. The third kappa shape index (κ3) is 4.09. The van der Waals surface area contributed by atoms with Crippen molar-refractivity contribution in [1.82, 2.24) is 9.78 Å². The Labute approximate surface area is 157 Å². The topological polar surface area (TPSA) is 114 Å². The number of fused-ring (bicyclic) bond motifs is 1. The van der Waals surface area contributed by atoms with Gasteiger partial charge in [0.1, 0.15) is 9.75 Å². The highest BCUT2D eigenvalue weighted by molar-refractivity contribution is 7.20. The lowest BCUT2D eigenvalue weighted by Gasteiger charge is -1.93. The number of nitrogens with zero attached hydrogens (tertiary/aromatic N) is 2. The number of ether oxygens (including phenoxy) is 2. The van der Waals surface area contributed by atoms with Gasteiger partial charge in [-0.3, -0.25) is 4.79 Å². The van der Waals surface area contributed by atoms with Crippen LogP contribution in [0.5, 0.6) is 0 Å². The van der Waals surface area contributed by atoms with Gasteiger partial charge in [0.05, 0.1) is 30.6 Å². The van der Waals surface area contributed by atoms with Crippen LogP contribution >= 0.6 is 22.7 Å². The summed E-state index contributed by atoms with van der Waals surface area (Å²) in [6.07, 6.45) is 1.56. The molecule has 0 saturated carbocycles. The highest BCUT2D eigenvalue weighted by atomic mass is 32.1. The van der Waals surface area contributed by atoms with E-state index in [1.165, 1.54) is 48.5 Å². The second kappa shape index (κ2) is 8.11. The highest BCUT2D eigenvalue weighted by Crippen LogP contribution is 2.26. The number of aryl methyl sites for hydroxylation is 1. The molecule has 8 nitrogen and oxygen atoms in total. The van der Waals surface area contributed by atoms with Gasteiger partial charge in [0.15, 0.2) is 0 Å². The molecule has 0 aliphatic heterocycles. The number of carbonyl (C=O) groups excluding carboxylic acids is 3. The van der Waals surface area contributed by atoms with E-state index in [9.17, 15) is 14.4 Å². The normalized spacial score (nSPS) is 10.2. The number of rotatable bonds is 2. The van der Waals surface area contributed by atoms with E-state index in [1.807, 2.05) is 6.92 Å². The van der Waals surface area contributed by atoms with Gasteiger partial charge in [0.25, 0.3) is 0 Å². The fourth-order valence-corrected chi connectivity index (χ4v) is 3.76. The fraction of sp³-hybridized carbons (Fsp3) is 0.250. The number of hydrogen-bond donors (Lipinski definition) is 1. The quantitative estimate of drug-likeness (QED) is 0.664. The molecule has 0 aliphatic rings. The van der Waals surface area contributed by atoms with Crippen molar-refractivity contribution in [3.63, 3.8) is 0 Å². The molecule has 0 atom stereocenters. The van der Waals surface area contributed by atoms with Gasteiger partial charge < -0.3 is 15.2 Å². The number of aromatic nitrogens is 2. The van der Waals surface area contributed by atoms with Crippen molar-refractivity contribution in [2.24, 2.45) is 0 Å². The minimum atomic E-state index is -0.397. The molecule has 138 valence electrons. The van der Waals surface area contributed by atoms with Gasteiger partial charge in [-0.15, -0.1) is 22.7 Å². The number of nitrogen functional groups attached to an aromatic ring is 1. The molecule has 26 heavy (non-hydrogen) atoms. The van der Waals surface area contributed by atoms with Crippen LogP contribution in [-0.2, 0) is 9.47 Å². The number of carbonyl (C=O) groups is 3. The molecule has 3 rings (SSSR count). The Balaban J connectivity index is 0.000000197. The molecule has 0 aromatic carbocycles. The van der Waals surface area contributed by atoms with Crippen molar-refractivity contribution < 1.29 is 23.9 Å². The van der Waals surface area contributed by atoms with Gasteiger partial charge in [0.2, 0.25) is 5.91 Å². The average Bonchev–Trinajstić information content (AvgIpc) is 3.28. The summed E-state index contributed by atoms with van der Waals surface area (Å²) in [6, 6.07) is 3.24. The van der Waals surface area contributed by atoms with E-state index in [-0.39, 0.29) is 11.9 Å². The fourth-order valence-electron chi connectivity index (χ4n) is 1.98. The standard InChI is InChI=1S/C9H8N2O3S.C7H9NO2S/c1-5(12)11-6-3-7(9(13)14-2)15-8(6)4-10-11;1-4-5(8)3-6(11-4)7(9)10-2/h3-4H,1-2H3;3H,8H2,1-2H3. The van der Waals surface area contributed by atoms with Gasteiger partial charge >= 0.3 is 11.9 Å². The zero-order chi connectivity index (χ0) is 19.4. The van der Waals surface area contributed by atoms with Crippen molar-refractivity contribution in [3.8, 4) is 0 Å². The molecule has 0 unspecified atom stereocenters. The first-order chi connectivity index (χ1) is 12.3. The Hall–Kier alpha value is -2.72.